The lowest BCUT2D eigenvalue weighted by atomic mass is 10.2. The predicted molar refractivity (Wildman–Crippen MR) is 56.4 cm³/mol. The van der Waals surface area contributed by atoms with Crippen LogP contribution >= 0.6 is 0 Å². The molecule has 2 N–H and O–H groups in total. The lowest BCUT2D eigenvalue weighted by molar-refractivity contribution is 0.292. The first kappa shape index (κ1) is 11.0. The molecule has 1 aromatic carbocycles. The van der Waals surface area contributed by atoms with E-state index in [0.717, 1.165) is 12.3 Å². The Kier molecular flexibility index (Phi) is 5.04. The highest BCUT2D eigenvalue weighted by molar-refractivity contribution is 5.28. The topological polar surface area (TPSA) is 41.5 Å². The van der Waals surface area contributed by atoms with E-state index in [-0.39, 0.29) is 6.61 Å². The second-order valence-corrected chi connectivity index (χ2v) is 2.98. The van der Waals surface area contributed by atoms with Crippen LogP contribution < -0.4 is 10.1 Å². The molecule has 0 atom stereocenters. The number of hydrogen-bond donors (Lipinski definition) is 2. The van der Waals surface area contributed by atoms with Crippen molar-refractivity contribution >= 4 is 0 Å². The molecule has 0 heterocycles. The molecule has 3 nitrogen and oxygen atoms in total. The summed E-state index contributed by atoms with van der Waals surface area (Å²) in [5.41, 5.74) is 1.17. The predicted octanol–water partition coefficient (Wildman–Crippen LogP) is 1.17. The number of aliphatic hydroxyl groups excluding tert-OH is 1. The number of nitrogens with one attached hydrogen (secondary N) is 1. The largest absolute Gasteiger partial charge is 0.494 e. The van der Waals surface area contributed by atoms with Gasteiger partial charge in [-0.15, -0.1) is 0 Å². The molecule has 0 aliphatic rings. The normalized spacial score (nSPS) is 10.1. The molecule has 0 amide bonds. The summed E-state index contributed by atoms with van der Waals surface area (Å²) in [6, 6.07) is 7.96. The van der Waals surface area contributed by atoms with E-state index in [1.165, 1.54) is 5.56 Å². The van der Waals surface area contributed by atoms with Gasteiger partial charge in [-0.1, -0.05) is 12.1 Å². The van der Waals surface area contributed by atoms with Gasteiger partial charge in [0.25, 0.3) is 0 Å². The Morgan fingerprint density at radius 3 is 3.00 bits per heavy atom. The summed E-state index contributed by atoms with van der Waals surface area (Å²) in [7, 11) is 0. The third-order valence-corrected chi connectivity index (χ3v) is 1.83. The van der Waals surface area contributed by atoms with Crippen LogP contribution in [0.2, 0.25) is 0 Å². The molecular weight excluding hydrogens is 178 g/mol. The van der Waals surface area contributed by atoms with Gasteiger partial charge in [0.2, 0.25) is 0 Å². The molecule has 0 aliphatic heterocycles. The van der Waals surface area contributed by atoms with E-state index >= 15 is 0 Å². The molecule has 0 unspecified atom stereocenters. The van der Waals surface area contributed by atoms with Crippen LogP contribution in [0.15, 0.2) is 24.3 Å². The number of benzene rings is 1. The van der Waals surface area contributed by atoms with Crippen molar-refractivity contribution in [2.75, 3.05) is 19.8 Å². The molecule has 0 saturated heterocycles. The summed E-state index contributed by atoms with van der Waals surface area (Å²) in [5.74, 6) is 0.899. The van der Waals surface area contributed by atoms with Gasteiger partial charge in [-0.05, 0) is 24.6 Å². The van der Waals surface area contributed by atoms with Crippen LogP contribution in [-0.4, -0.2) is 24.9 Å². The first-order valence-electron chi connectivity index (χ1n) is 4.90. The van der Waals surface area contributed by atoms with Gasteiger partial charge in [0.15, 0.2) is 0 Å². The van der Waals surface area contributed by atoms with E-state index in [2.05, 4.69) is 5.32 Å². The van der Waals surface area contributed by atoms with E-state index in [1.54, 1.807) is 0 Å². The van der Waals surface area contributed by atoms with Gasteiger partial charge in [-0.2, -0.15) is 0 Å². The second kappa shape index (κ2) is 6.40. The molecule has 3 heteroatoms. The van der Waals surface area contributed by atoms with Crippen molar-refractivity contribution in [1.29, 1.82) is 0 Å². The fraction of sp³-hybridized carbons (Fsp3) is 0.455. The molecule has 0 fully saturated rings. The SMILES string of the molecule is CCOc1cccc(CNCCO)c1. The Morgan fingerprint density at radius 1 is 1.43 bits per heavy atom. The lowest BCUT2D eigenvalue weighted by Crippen LogP contribution is -2.17. The van der Waals surface area contributed by atoms with Crippen LogP contribution in [-0.2, 0) is 6.54 Å². The number of rotatable bonds is 6. The smallest absolute Gasteiger partial charge is 0.119 e. The van der Waals surface area contributed by atoms with E-state index in [9.17, 15) is 0 Å². The van der Waals surface area contributed by atoms with Gasteiger partial charge in [0.1, 0.15) is 5.75 Å². The molecule has 1 rings (SSSR count). The highest BCUT2D eigenvalue weighted by Crippen LogP contribution is 2.12. The van der Waals surface area contributed by atoms with Gasteiger partial charge >= 0.3 is 0 Å². The van der Waals surface area contributed by atoms with Crippen molar-refractivity contribution in [3.63, 3.8) is 0 Å². The molecule has 78 valence electrons. The van der Waals surface area contributed by atoms with Crippen molar-refractivity contribution in [3.8, 4) is 5.75 Å². The summed E-state index contributed by atoms with van der Waals surface area (Å²) >= 11 is 0. The zero-order valence-electron chi connectivity index (χ0n) is 8.49. The van der Waals surface area contributed by atoms with E-state index < -0.39 is 0 Å². The van der Waals surface area contributed by atoms with E-state index in [0.29, 0.717) is 13.2 Å². The fourth-order valence-electron chi connectivity index (χ4n) is 1.22. The summed E-state index contributed by atoms with van der Waals surface area (Å²) < 4.78 is 5.38. The highest BCUT2D eigenvalue weighted by Gasteiger charge is 1.95. The monoisotopic (exact) mass is 195 g/mol. The molecular formula is C11H17NO2. The zero-order chi connectivity index (χ0) is 10.2. The second-order valence-electron chi connectivity index (χ2n) is 2.98. The van der Waals surface area contributed by atoms with Crippen molar-refractivity contribution in [1.82, 2.24) is 5.32 Å². The molecule has 0 saturated carbocycles. The van der Waals surface area contributed by atoms with Crippen LogP contribution in [0.5, 0.6) is 5.75 Å². The third kappa shape index (κ3) is 3.77. The van der Waals surface area contributed by atoms with Gasteiger partial charge in [0, 0.05) is 13.1 Å². The van der Waals surface area contributed by atoms with Gasteiger partial charge in [0.05, 0.1) is 13.2 Å². The minimum atomic E-state index is 0.172. The maximum atomic E-state index is 8.60. The molecule has 14 heavy (non-hydrogen) atoms. The van der Waals surface area contributed by atoms with E-state index in [1.807, 2.05) is 31.2 Å². The summed E-state index contributed by atoms with van der Waals surface area (Å²) in [6.45, 7) is 4.22. The quantitative estimate of drug-likeness (QED) is 0.669. The van der Waals surface area contributed by atoms with Crippen molar-refractivity contribution in [2.45, 2.75) is 13.5 Å². The third-order valence-electron chi connectivity index (χ3n) is 1.83. The molecule has 0 radical (unpaired) electrons. The molecule has 0 aliphatic carbocycles. The van der Waals surface area contributed by atoms with Gasteiger partial charge < -0.3 is 15.2 Å². The Balaban J connectivity index is 2.46. The average molecular weight is 195 g/mol. The van der Waals surface area contributed by atoms with Crippen LogP contribution in [0.25, 0.3) is 0 Å². The minimum absolute atomic E-state index is 0.172. The molecule has 1 aromatic rings. The van der Waals surface area contributed by atoms with Crippen molar-refractivity contribution < 1.29 is 9.84 Å². The number of ether oxygens (including phenoxy) is 1. The van der Waals surface area contributed by atoms with Crippen LogP contribution in [0.1, 0.15) is 12.5 Å². The van der Waals surface area contributed by atoms with Crippen LogP contribution in [0, 0.1) is 0 Å². The lowest BCUT2D eigenvalue weighted by Gasteiger charge is -2.06. The molecule has 0 bridgehead atoms. The van der Waals surface area contributed by atoms with Gasteiger partial charge in [-0.25, -0.2) is 0 Å². The van der Waals surface area contributed by atoms with Crippen LogP contribution in [0.4, 0.5) is 0 Å². The minimum Gasteiger partial charge on any atom is -0.494 e. The fourth-order valence-corrected chi connectivity index (χ4v) is 1.22. The summed E-state index contributed by atoms with van der Waals surface area (Å²) in [4.78, 5) is 0. The zero-order valence-corrected chi connectivity index (χ0v) is 8.49. The standard InChI is InChI=1S/C11H17NO2/c1-2-14-11-5-3-4-10(8-11)9-12-6-7-13/h3-5,8,12-13H,2,6-7,9H2,1H3. The Labute approximate surface area is 84.7 Å². The van der Waals surface area contributed by atoms with Crippen LogP contribution in [0.3, 0.4) is 0 Å². The first-order valence-corrected chi connectivity index (χ1v) is 4.90. The Bertz CT molecular complexity index is 263. The summed E-state index contributed by atoms with van der Waals surface area (Å²) in [5, 5.41) is 11.7. The Morgan fingerprint density at radius 2 is 2.29 bits per heavy atom. The van der Waals surface area contributed by atoms with Gasteiger partial charge in [-0.3, -0.25) is 0 Å². The number of hydrogen-bond acceptors (Lipinski definition) is 3. The molecule has 0 spiro atoms. The average Bonchev–Trinajstić information content (AvgIpc) is 2.19. The van der Waals surface area contributed by atoms with E-state index in [4.69, 9.17) is 9.84 Å². The molecule has 0 aromatic heterocycles. The first-order chi connectivity index (χ1) is 6.86. The Hall–Kier alpha value is -1.06. The maximum absolute atomic E-state index is 8.60. The summed E-state index contributed by atoms with van der Waals surface area (Å²) in [6.07, 6.45) is 0. The van der Waals surface area contributed by atoms with Crippen molar-refractivity contribution in [2.24, 2.45) is 0 Å². The number of aliphatic hydroxyl groups is 1. The van der Waals surface area contributed by atoms with Crippen molar-refractivity contribution in [3.05, 3.63) is 29.8 Å². The maximum Gasteiger partial charge on any atom is 0.119 e. The highest BCUT2D eigenvalue weighted by atomic mass is 16.5.